The maximum Gasteiger partial charge on any atom is 0.357 e. The number of carbonyl (C=O) groups is 1. The molecule has 0 fully saturated rings. The van der Waals surface area contributed by atoms with Crippen molar-refractivity contribution in [3.05, 3.63) is 40.7 Å². The van der Waals surface area contributed by atoms with Crippen LogP contribution in [0, 0.1) is 6.92 Å². The lowest BCUT2D eigenvalue weighted by Gasteiger charge is -1.99. The molecule has 2 aromatic rings. The van der Waals surface area contributed by atoms with Crippen LogP contribution in [-0.4, -0.2) is 16.1 Å². The van der Waals surface area contributed by atoms with Crippen LogP contribution >= 0.6 is 11.6 Å². The molecule has 0 radical (unpaired) electrons. The maximum absolute atomic E-state index is 10.6. The number of aryl methyl sites for hydroxylation is 1. The molecule has 1 aromatic carbocycles. The van der Waals surface area contributed by atoms with Gasteiger partial charge in [-0.3, -0.25) is 0 Å². The first-order chi connectivity index (χ1) is 7.58. The number of aromatic carboxylic acids is 1. The van der Waals surface area contributed by atoms with Crippen LogP contribution < -0.4 is 0 Å². The largest absolute Gasteiger partial charge is 0.476 e. The van der Waals surface area contributed by atoms with Gasteiger partial charge in [-0.05, 0) is 24.6 Å². The molecule has 16 heavy (non-hydrogen) atoms. The number of aromatic nitrogens is 1. The molecule has 82 valence electrons. The highest BCUT2D eigenvalue weighted by molar-refractivity contribution is 6.33. The number of rotatable bonds is 2. The molecule has 5 heteroatoms. The van der Waals surface area contributed by atoms with E-state index in [0.29, 0.717) is 10.6 Å². The zero-order chi connectivity index (χ0) is 11.7. The molecular formula is C11H8ClNO3. The van der Waals surface area contributed by atoms with Crippen LogP contribution in [0.25, 0.3) is 11.5 Å². The van der Waals surface area contributed by atoms with Crippen molar-refractivity contribution >= 4 is 17.6 Å². The second-order valence-electron chi connectivity index (χ2n) is 3.33. The standard InChI is InChI=1S/C11H8ClNO3/c1-6-2-3-7(8(12)4-6)10-13-9(5-16-10)11(14)15/h2-5H,1H3,(H,14,15). The number of benzene rings is 1. The highest BCUT2D eigenvalue weighted by Gasteiger charge is 2.13. The zero-order valence-corrected chi connectivity index (χ0v) is 9.15. The molecule has 0 spiro atoms. The molecular weight excluding hydrogens is 230 g/mol. The number of halogens is 1. The van der Waals surface area contributed by atoms with E-state index in [4.69, 9.17) is 21.1 Å². The SMILES string of the molecule is Cc1ccc(-c2nc(C(=O)O)co2)c(Cl)c1. The lowest BCUT2D eigenvalue weighted by molar-refractivity contribution is 0.0690. The molecule has 0 amide bonds. The molecule has 0 atom stereocenters. The molecule has 4 nitrogen and oxygen atoms in total. The fourth-order valence-electron chi connectivity index (χ4n) is 1.29. The fourth-order valence-corrected chi connectivity index (χ4v) is 1.61. The summed E-state index contributed by atoms with van der Waals surface area (Å²) in [6.07, 6.45) is 1.09. The summed E-state index contributed by atoms with van der Waals surface area (Å²) in [6, 6.07) is 5.36. The first-order valence-corrected chi connectivity index (χ1v) is 4.91. The third kappa shape index (κ3) is 1.92. The van der Waals surface area contributed by atoms with E-state index in [9.17, 15) is 4.79 Å². The van der Waals surface area contributed by atoms with Gasteiger partial charge in [-0.15, -0.1) is 0 Å². The van der Waals surface area contributed by atoms with Crippen LogP contribution in [0.4, 0.5) is 0 Å². The monoisotopic (exact) mass is 237 g/mol. The van der Waals surface area contributed by atoms with Gasteiger partial charge in [-0.1, -0.05) is 17.7 Å². The van der Waals surface area contributed by atoms with Crippen molar-refractivity contribution in [3.63, 3.8) is 0 Å². The van der Waals surface area contributed by atoms with Gasteiger partial charge in [-0.25, -0.2) is 9.78 Å². The van der Waals surface area contributed by atoms with Crippen LogP contribution in [0.2, 0.25) is 5.02 Å². The topological polar surface area (TPSA) is 63.3 Å². The number of hydrogen-bond donors (Lipinski definition) is 1. The van der Waals surface area contributed by atoms with E-state index in [2.05, 4.69) is 4.98 Å². The zero-order valence-electron chi connectivity index (χ0n) is 8.40. The maximum atomic E-state index is 10.6. The van der Waals surface area contributed by atoms with Crippen molar-refractivity contribution in [2.75, 3.05) is 0 Å². The van der Waals surface area contributed by atoms with Gasteiger partial charge in [0, 0.05) is 0 Å². The number of oxazole rings is 1. The number of carboxylic acid groups (broad SMARTS) is 1. The van der Waals surface area contributed by atoms with Gasteiger partial charge in [0.25, 0.3) is 0 Å². The van der Waals surface area contributed by atoms with E-state index in [1.54, 1.807) is 12.1 Å². The minimum Gasteiger partial charge on any atom is -0.476 e. The minimum absolute atomic E-state index is 0.133. The Hall–Kier alpha value is -1.81. The third-order valence-electron chi connectivity index (χ3n) is 2.08. The normalized spacial score (nSPS) is 10.4. The van der Waals surface area contributed by atoms with E-state index >= 15 is 0 Å². The van der Waals surface area contributed by atoms with E-state index in [1.807, 2.05) is 13.0 Å². The molecule has 0 aliphatic heterocycles. The molecule has 0 saturated heterocycles. The first kappa shape index (κ1) is 10.7. The Morgan fingerprint density at radius 3 is 2.81 bits per heavy atom. The lowest BCUT2D eigenvalue weighted by atomic mass is 10.1. The smallest absolute Gasteiger partial charge is 0.357 e. The van der Waals surface area contributed by atoms with Gasteiger partial charge in [0.05, 0.1) is 10.6 Å². The summed E-state index contributed by atoms with van der Waals surface area (Å²) < 4.78 is 5.06. The summed E-state index contributed by atoms with van der Waals surface area (Å²) in [6.45, 7) is 1.91. The van der Waals surface area contributed by atoms with Crippen LogP contribution in [0.1, 0.15) is 16.1 Å². The summed E-state index contributed by atoms with van der Waals surface area (Å²) in [5.41, 5.74) is 1.46. The summed E-state index contributed by atoms with van der Waals surface area (Å²) >= 11 is 6.01. The van der Waals surface area contributed by atoms with Crippen molar-refractivity contribution in [1.82, 2.24) is 4.98 Å². The Morgan fingerprint density at radius 2 is 2.25 bits per heavy atom. The van der Waals surface area contributed by atoms with Gasteiger partial charge in [0.2, 0.25) is 5.89 Å². The minimum atomic E-state index is -1.13. The van der Waals surface area contributed by atoms with Crippen molar-refractivity contribution in [3.8, 4) is 11.5 Å². The van der Waals surface area contributed by atoms with Crippen molar-refractivity contribution in [2.24, 2.45) is 0 Å². The van der Waals surface area contributed by atoms with Gasteiger partial charge in [0.15, 0.2) is 5.69 Å². The highest BCUT2D eigenvalue weighted by atomic mass is 35.5. The molecule has 2 rings (SSSR count). The second kappa shape index (κ2) is 3.98. The van der Waals surface area contributed by atoms with Gasteiger partial charge in [0.1, 0.15) is 6.26 Å². The van der Waals surface area contributed by atoms with Crippen molar-refractivity contribution in [2.45, 2.75) is 6.92 Å². The second-order valence-corrected chi connectivity index (χ2v) is 3.73. The predicted molar refractivity (Wildman–Crippen MR) is 58.6 cm³/mol. The Kier molecular flexibility index (Phi) is 2.66. The lowest BCUT2D eigenvalue weighted by Crippen LogP contribution is -1.95. The van der Waals surface area contributed by atoms with Crippen molar-refractivity contribution in [1.29, 1.82) is 0 Å². The number of hydrogen-bond acceptors (Lipinski definition) is 3. The molecule has 0 aliphatic rings. The van der Waals surface area contributed by atoms with Crippen LogP contribution in [0.3, 0.4) is 0 Å². The van der Waals surface area contributed by atoms with E-state index in [0.717, 1.165) is 11.8 Å². The Morgan fingerprint density at radius 1 is 1.50 bits per heavy atom. The average molecular weight is 238 g/mol. The first-order valence-electron chi connectivity index (χ1n) is 4.53. The molecule has 0 bridgehead atoms. The molecule has 1 N–H and O–H groups in total. The third-order valence-corrected chi connectivity index (χ3v) is 2.39. The summed E-state index contributed by atoms with van der Waals surface area (Å²) in [4.78, 5) is 14.4. The molecule has 0 aliphatic carbocycles. The summed E-state index contributed by atoms with van der Waals surface area (Å²) in [5, 5.41) is 9.19. The summed E-state index contributed by atoms with van der Waals surface area (Å²) in [5.74, 6) is -0.916. The average Bonchev–Trinajstić information content (AvgIpc) is 2.66. The van der Waals surface area contributed by atoms with Crippen LogP contribution in [-0.2, 0) is 0 Å². The van der Waals surface area contributed by atoms with Crippen LogP contribution in [0.5, 0.6) is 0 Å². The van der Waals surface area contributed by atoms with E-state index < -0.39 is 5.97 Å². The van der Waals surface area contributed by atoms with Crippen LogP contribution in [0.15, 0.2) is 28.9 Å². The molecule has 1 aromatic heterocycles. The fraction of sp³-hybridized carbons (Fsp3) is 0.0909. The molecule has 0 unspecified atom stereocenters. The number of nitrogens with zero attached hydrogens (tertiary/aromatic N) is 1. The molecule has 0 saturated carbocycles. The van der Waals surface area contributed by atoms with Gasteiger partial charge >= 0.3 is 5.97 Å². The number of carboxylic acids is 1. The Labute approximate surface area is 96.5 Å². The highest BCUT2D eigenvalue weighted by Crippen LogP contribution is 2.27. The van der Waals surface area contributed by atoms with E-state index in [1.165, 1.54) is 0 Å². The van der Waals surface area contributed by atoms with E-state index in [-0.39, 0.29) is 11.6 Å². The summed E-state index contributed by atoms with van der Waals surface area (Å²) in [7, 11) is 0. The predicted octanol–water partition coefficient (Wildman–Crippen LogP) is 3.00. The Bertz CT molecular complexity index is 548. The quantitative estimate of drug-likeness (QED) is 0.872. The Balaban J connectivity index is 2.46. The van der Waals surface area contributed by atoms with Crippen molar-refractivity contribution < 1.29 is 14.3 Å². The van der Waals surface area contributed by atoms with Gasteiger partial charge < -0.3 is 9.52 Å². The van der Waals surface area contributed by atoms with Gasteiger partial charge in [-0.2, -0.15) is 0 Å². The molecule has 1 heterocycles.